The third-order valence-corrected chi connectivity index (χ3v) is 12.6. The van der Waals surface area contributed by atoms with Crippen LogP contribution in [0.15, 0.2) is 201 Å². The summed E-state index contributed by atoms with van der Waals surface area (Å²) >= 11 is 0. The van der Waals surface area contributed by atoms with Crippen molar-refractivity contribution in [2.24, 2.45) is 0 Å². The Bertz CT molecular complexity index is 4170. The molecular formula is C56H31N3O3. The Kier molecular flexibility index (Phi) is 6.74. The first-order valence-electron chi connectivity index (χ1n) is 20.8. The minimum absolute atomic E-state index is 0.571. The van der Waals surface area contributed by atoms with Gasteiger partial charge in [0.15, 0.2) is 17.0 Å². The van der Waals surface area contributed by atoms with Gasteiger partial charge in [0.05, 0.1) is 16.7 Å². The second kappa shape index (κ2) is 12.5. The van der Waals surface area contributed by atoms with E-state index in [4.69, 9.17) is 23.2 Å². The summed E-state index contributed by atoms with van der Waals surface area (Å²) in [6.07, 6.45) is 0. The number of aromatic nitrogens is 3. The summed E-state index contributed by atoms with van der Waals surface area (Å²) in [6.45, 7) is 0. The molecule has 0 amide bonds. The Balaban J connectivity index is 1.07. The van der Waals surface area contributed by atoms with E-state index in [2.05, 4.69) is 150 Å². The number of fused-ring (bicyclic) bond motifs is 13. The molecule has 0 unspecified atom stereocenters. The van der Waals surface area contributed by atoms with Crippen molar-refractivity contribution in [3.8, 4) is 39.5 Å². The quantitative estimate of drug-likeness (QED) is 0.177. The Morgan fingerprint density at radius 1 is 0.371 bits per heavy atom. The molecule has 0 N–H and O–H groups in total. The summed E-state index contributed by atoms with van der Waals surface area (Å²) in [4.78, 5) is 10.9. The van der Waals surface area contributed by atoms with Gasteiger partial charge in [0.2, 0.25) is 0 Å². The largest absolute Gasteiger partial charge is 0.456 e. The molecule has 0 saturated carbocycles. The van der Waals surface area contributed by atoms with E-state index in [1.807, 2.05) is 42.5 Å². The van der Waals surface area contributed by atoms with E-state index in [1.165, 1.54) is 21.5 Å². The van der Waals surface area contributed by atoms with Crippen LogP contribution < -0.4 is 0 Å². The van der Waals surface area contributed by atoms with Crippen LogP contribution in [0.1, 0.15) is 0 Å². The number of nitrogens with zero attached hydrogens (tertiary/aromatic N) is 3. The molecule has 0 spiro atoms. The van der Waals surface area contributed by atoms with Crippen molar-refractivity contribution in [3.63, 3.8) is 0 Å². The minimum atomic E-state index is 0.571. The highest BCUT2D eigenvalue weighted by atomic mass is 16.3. The molecule has 6 nitrogen and oxygen atoms in total. The second-order valence-electron chi connectivity index (χ2n) is 16.1. The van der Waals surface area contributed by atoms with E-state index in [-0.39, 0.29) is 0 Å². The molecular weight excluding hydrogens is 763 g/mol. The Morgan fingerprint density at radius 2 is 1.05 bits per heavy atom. The zero-order valence-corrected chi connectivity index (χ0v) is 33.0. The molecule has 9 aromatic carbocycles. The van der Waals surface area contributed by atoms with Gasteiger partial charge in [-0.15, -0.1) is 0 Å². The Hall–Kier alpha value is -8.48. The topological polar surface area (TPSA) is 70.1 Å². The molecule has 14 aromatic rings. The Morgan fingerprint density at radius 3 is 1.92 bits per heavy atom. The molecule has 62 heavy (non-hydrogen) atoms. The van der Waals surface area contributed by atoms with Crippen molar-refractivity contribution in [1.82, 2.24) is 14.5 Å². The second-order valence-corrected chi connectivity index (χ2v) is 16.1. The number of rotatable bonds is 4. The number of hydrogen-bond donors (Lipinski definition) is 0. The number of hydrogen-bond acceptors (Lipinski definition) is 5. The van der Waals surface area contributed by atoms with Gasteiger partial charge in [-0.1, -0.05) is 121 Å². The maximum Gasteiger partial charge on any atom is 0.180 e. The molecule has 0 radical (unpaired) electrons. The van der Waals surface area contributed by atoms with Gasteiger partial charge >= 0.3 is 0 Å². The normalized spacial score (nSPS) is 12.2. The lowest BCUT2D eigenvalue weighted by Crippen LogP contribution is -1.98. The van der Waals surface area contributed by atoms with Gasteiger partial charge in [-0.05, 0) is 88.6 Å². The fraction of sp³-hybridized carbons (Fsp3) is 0. The van der Waals surface area contributed by atoms with Crippen LogP contribution in [0, 0.1) is 0 Å². The van der Waals surface area contributed by atoms with E-state index in [0.717, 1.165) is 99.3 Å². The summed E-state index contributed by atoms with van der Waals surface area (Å²) in [5.41, 5.74) is 13.1. The first-order chi connectivity index (χ1) is 30.7. The molecule has 5 heterocycles. The zero-order valence-electron chi connectivity index (χ0n) is 33.0. The van der Waals surface area contributed by atoms with Crippen LogP contribution >= 0.6 is 0 Å². The average molecular weight is 794 g/mol. The number of furan rings is 3. The van der Waals surface area contributed by atoms with E-state index in [0.29, 0.717) is 17.1 Å². The van der Waals surface area contributed by atoms with Crippen LogP contribution in [0.5, 0.6) is 0 Å². The molecule has 0 bridgehead atoms. The molecule has 0 atom stereocenters. The maximum atomic E-state index is 6.95. The SMILES string of the molecule is c1ccc(-c2ccc3oc4c(-c5ccc6c(c5)oc5ccccc56)nc(-c5ccc(-n6c7ccccc7c7cc8ccccc8cc76)c6oc7ccccc7c56)nc4c3c2)cc1. The van der Waals surface area contributed by atoms with Crippen molar-refractivity contribution in [3.05, 3.63) is 188 Å². The average Bonchev–Trinajstić information content (AvgIpc) is 4.09. The van der Waals surface area contributed by atoms with Crippen LogP contribution in [-0.4, -0.2) is 14.5 Å². The molecule has 6 heteroatoms. The van der Waals surface area contributed by atoms with Crippen LogP contribution in [0.4, 0.5) is 0 Å². The minimum Gasteiger partial charge on any atom is -0.456 e. The van der Waals surface area contributed by atoms with Crippen LogP contribution in [0.25, 0.3) is 138 Å². The van der Waals surface area contributed by atoms with Crippen molar-refractivity contribution >= 4 is 98.5 Å². The third kappa shape index (κ3) is 4.74. The third-order valence-electron chi connectivity index (χ3n) is 12.6. The molecule has 0 aliphatic carbocycles. The number of para-hydroxylation sites is 3. The predicted octanol–water partition coefficient (Wildman–Crippen LogP) is 15.4. The molecule has 0 aliphatic heterocycles. The van der Waals surface area contributed by atoms with Crippen LogP contribution in [0.2, 0.25) is 0 Å². The highest BCUT2D eigenvalue weighted by Crippen LogP contribution is 2.45. The number of benzene rings is 9. The van der Waals surface area contributed by atoms with E-state index >= 15 is 0 Å². The molecule has 14 rings (SSSR count). The lowest BCUT2D eigenvalue weighted by Gasteiger charge is -2.12. The molecule has 288 valence electrons. The van der Waals surface area contributed by atoms with Gasteiger partial charge in [-0.2, -0.15) is 0 Å². The molecule has 0 aliphatic rings. The van der Waals surface area contributed by atoms with Crippen LogP contribution in [0.3, 0.4) is 0 Å². The van der Waals surface area contributed by atoms with Crippen molar-refractivity contribution in [2.75, 3.05) is 0 Å². The van der Waals surface area contributed by atoms with E-state index in [1.54, 1.807) is 0 Å². The molecule has 0 fully saturated rings. The molecule has 0 saturated heterocycles. The van der Waals surface area contributed by atoms with Gasteiger partial charge in [0, 0.05) is 48.8 Å². The summed E-state index contributed by atoms with van der Waals surface area (Å²) in [7, 11) is 0. The predicted molar refractivity (Wildman–Crippen MR) is 252 cm³/mol. The van der Waals surface area contributed by atoms with E-state index in [9.17, 15) is 0 Å². The highest BCUT2D eigenvalue weighted by molar-refractivity contribution is 6.18. The zero-order chi connectivity index (χ0) is 40.5. The van der Waals surface area contributed by atoms with Crippen molar-refractivity contribution in [1.29, 1.82) is 0 Å². The Labute approximate surface area is 352 Å². The fourth-order valence-corrected chi connectivity index (χ4v) is 9.73. The van der Waals surface area contributed by atoms with Gasteiger partial charge in [0.1, 0.15) is 33.5 Å². The van der Waals surface area contributed by atoms with Gasteiger partial charge in [0.25, 0.3) is 0 Å². The maximum absolute atomic E-state index is 6.95. The molecule has 5 aromatic heterocycles. The van der Waals surface area contributed by atoms with Gasteiger partial charge < -0.3 is 17.8 Å². The van der Waals surface area contributed by atoms with Gasteiger partial charge in [-0.3, -0.25) is 0 Å². The van der Waals surface area contributed by atoms with Crippen LogP contribution in [-0.2, 0) is 0 Å². The summed E-state index contributed by atoms with van der Waals surface area (Å²) in [5, 5.41) is 9.73. The van der Waals surface area contributed by atoms with E-state index < -0.39 is 0 Å². The monoisotopic (exact) mass is 793 g/mol. The van der Waals surface area contributed by atoms with Crippen molar-refractivity contribution in [2.45, 2.75) is 0 Å². The van der Waals surface area contributed by atoms with Gasteiger partial charge in [-0.25, -0.2) is 9.97 Å². The van der Waals surface area contributed by atoms with Crippen molar-refractivity contribution < 1.29 is 13.3 Å². The first-order valence-corrected chi connectivity index (χ1v) is 20.8. The summed E-state index contributed by atoms with van der Waals surface area (Å²) < 4.78 is 22.4. The lowest BCUT2D eigenvalue weighted by atomic mass is 10.0. The lowest BCUT2D eigenvalue weighted by molar-refractivity contribution is 0.666. The smallest absolute Gasteiger partial charge is 0.180 e. The summed E-state index contributed by atoms with van der Waals surface area (Å²) in [6, 6.07) is 65.5. The fourth-order valence-electron chi connectivity index (χ4n) is 9.73. The first kappa shape index (κ1) is 33.4. The standard InChI is InChI=1S/C56H31N3O3/c1-2-12-32(13-3-1)35-23-27-49-43(29-35)53-55(62-49)52(36-22-24-39-38-17-7-10-20-47(38)60-50(39)31-36)57-56(58-53)41-25-26-45(54-51(41)40-18-8-11-21-48(40)61-54)59-44-19-9-6-16-37(44)42-28-33-14-4-5-15-34(33)30-46(42)59/h1-31H. The highest BCUT2D eigenvalue weighted by Gasteiger charge is 2.25. The summed E-state index contributed by atoms with van der Waals surface area (Å²) in [5.74, 6) is 0.571.